The van der Waals surface area contributed by atoms with Gasteiger partial charge < -0.3 is 4.74 Å². The van der Waals surface area contributed by atoms with Crippen LogP contribution in [0.1, 0.15) is 31.2 Å². The molecule has 0 radical (unpaired) electrons. The maximum Gasteiger partial charge on any atom is 0.314 e. The Morgan fingerprint density at radius 1 is 1.25 bits per heavy atom. The highest BCUT2D eigenvalue weighted by molar-refractivity contribution is 5.86. The average molecular weight is 323 g/mol. The standard InChI is InChI=1S/C20H18FNO2/c1-2-13-3-5-14(6-4-13)20(23)24-17-9-10-18-15(11-17)7-8-16(12-22)19(18)21/h2,7-11,13-14H,1,3-6H2. The minimum atomic E-state index is -0.546. The second-order valence-electron chi connectivity index (χ2n) is 6.19. The smallest absolute Gasteiger partial charge is 0.314 e. The Morgan fingerprint density at radius 3 is 2.67 bits per heavy atom. The number of hydrogen-bond donors (Lipinski definition) is 0. The number of allylic oxidation sites excluding steroid dienone is 1. The molecule has 0 N–H and O–H groups in total. The van der Waals surface area contributed by atoms with E-state index in [1.165, 1.54) is 6.07 Å². The van der Waals surface area contributed by atoms with Crippen LogP contribution in [0.3, 0.4) is 0 Å². The number of ether oxygens (including phenoxy) is 1. The summed E-state index contributed by atoms with van der Waals surface area (Å²) in [6, 6.07) is 9.65. The predicted octanol–water partition coefficient (Wildman–Crippen LogP) is 4.75. The number of nitrogens with zero attached hydrogens (tertiary/aromatic N) is 1. The largest absolute Gasteiger partial charge is 0.426 e. The van der Waals surface area contributed by atoms with Crippen molar-refractivity contribution in [3.63, 3.8) is 0 Å². The molecule has 0 atom stereocenters. The first-order valence-corrected chi connectivity index (χ1v) is 8.09. The Bertz CT molecular complexity index is 829. The van der Waals surface area contributed by atoms with Gasteiger partial charge in [-0.1, -0.05) is 12.1 Å². The lowest BCUT2D eigenvalue weighted by atomic mass is 9.82. The van der Waals surface area contributed by atoms with Crippen LogP contribution in [0, 0.1) is 29.0 Å². The van der Waals surface area contributed by atoms with Crippen LogP contribution in [0.2, 0.25) is 0 Å². The highest BCUT2D eigenvalue weighted by atomic mass is 19.1. The molecule has 2 aromatic rings. The maximum absolute atomic E-state index is 14.1. The highest BCUT2D eigenvalue weighted by Gasteiger charge is 2.26. The SMILES string of the molecule is C=CC1CCC(C(=O)Oc2ccc3c(F)c(C#N)ccc3c2)CC1. The van der Waals surface area contributed by atoms with Crippen molar-refractivity contribution in [2.45, 2.75) is 25.7 Å². The van der Waals surface area contributed by atoms with E-state index in [1.54, 1.807) is 24.3 Å². The molecule has 0 aromatic heterocycles. The molecule has 4 heteroatoms. The van der Waals surface area contributed by atoms with Crippen LogP contribution in [0.4, 0.5) is 4.39 Å². The Hall–Kier alpha value is -2.67. The lowest BCUT2D eigenvalue weighted by molar-refractivity contribution is -0.140. The first-order chi connectivity index (χ1) is 11.6. The van der Waals surface area contributed by atoms with Gasteiger partial charge in [-0.15, -0.1) is 6.58 Å². The summed E-state index contributed by atoms with van der Waals surface area (Å²) in [7, 11) is 0. The van der Waals surface area contributed by atoms with Gasteiger partial charge in [0, 0.05) is 5.39 Å². The second kappa shape index (κ2) is 6.84. The molecular formula is C20H18FNO2. The minimum Gasteiger partial charge on any atom is -0.426 e. The van der Waals surface area contributed by atoms with Crippen LogP contribution < -0.4 is 4.74 Å². The molecule has 0 spiro atoms. The van der Waals surface area contributed by atoms with E-state index in [-0.39, 0.29) is 17.5 Å². The maximum atomic E-state index is 14.1. The molecule has 0 saturated heterocycles. The van der Waals surface area contributed by atoms with Crippen LogP contribution in [-0.4, -0.2) is 5.97 Å². The van der Waals surface area contributed by atoms with Crippen molar-refractivity contribution in [2.24, 2.45) is 11.8 Å². The average Bonchev–Trinajstić information content (AvgIpc) is 2.62. The third-order valence-corrected chi connectivity index (χ3v) is 4.70. The van der Waals surface area contributed by atoms with Crippen LogP contribution >= 0.6 is 0 Å². The third-order valence-electron chi connectivity index (χ3n) is 4.70. The third kappa shape index (κ3) is 3.16. The first kappa shape index (κ1) is 16.2. The van der Waals surface area contributed by atoms with Gasteiger partial charge in [-0.25, -0.2) is 4.39 Å². The fourth-order valence-corrected chi connectivity index (χ4v) is 3.21. The van der Waals surface area contributed by atoms with Crippen molar-refractivity contribution in [3.8, 4) is 11.8 Å². The summed E-state index contributed by atoms with van der Waals surface area (Å²) in [6.45, 7) is 3.80. The quantitative estimate of drug-likeness (QED) is 0.465. The summed E-state index contributed by atoms with van der Waals surface area (Å²) >= 11 is 0. The fraction of sp³-hybridized carbons (Fsp3) is 0.300. The Morgan fingerprint density at radius 2 is 2.00 bits per heavy atom. The molecule has 3 rings (SSSR count). The van der Waals surface area contributed by atoms with Gasteiger partial charge >= 0.3 is 5.97 Å². The van der Waals surface area contributed by atoms with Crippen LogP contribution in [-0.2, 0) is 4.79 Å². The molecule has 24 heavy (non-hydrogen) atoms. The molecular weight excluding hydrogens is 305 g/mol. The number of carbonyl (C=O) groups is 1. The number of halogens is 1. The monoisotopic (exact) mass is 323 g/mol. The molecule has 1 aliphatic rings. The van der Waals surface area contributed by atoms with Crippen LogP contribution in [0.25, 0.3) is 10.8 Å². The highest BCUT2D eigenvalue weighted by Crippen LogP contribution is 2.31. The second-order valence-corrected chi connectivity index (χ2v) is 6.19. The lowest BCUT2D eigenvalue weighted by Gasteiger charge is -2.24. The van der Waals surface area contributed by atoms with Crippen LogP contribution in [0.15, 0.2) is 43.0 Å². The van der Waals surface area contributed by atoms with Crippen LogP contribution in [0.5, 0.6) is 5.75 Å². The molecule has 0 heterocycles. The minimum absolute atomic E-state index is 0.00576. The van der Waals surface area contributed by atoms with E-state index in [0.29, 0.717) is 22.4 Å². The first-order valence-electron chi connectivity index (χ1n) is 8.09. The van der Waals surface area contributed by atoms with E-state index in [9.17, 15) is 9.18 Å². The zero-order valence-corrected chi connectivity index (χ0v) is 13.3. The zero-order valence-electron chi connectivity index (χ0n) is 13.3. The molecule has 3 nitrogen and oxygen atoms in total. The number of esters is 1. The molecule has 1 saturated carbocycles. The van der Waals surface area contributed by atoms with Gasteiger partial charge in [0.05, 0.1) is 11.5 Å². The van der Waals surface area contributed by atoms with Gasteiger partial charge in [0.2, 0.25) is 0 Å². The Labute approximate surface area is 140 Å². The summed E-state index contributed by atoms with van der Waals surface area (Å²) in [5, 5.41) is 9.82. The zero-order chi connectivity index (χ0) is 17.1. The van der Waals surface area contributed by atoms with Crippen molar-refractivity contribution in [2.75, 3.05) is 0 Å². The topological polar surface area (TPSA) is 50.1 Å². The summed E-state index contributed by atoms with van der Waals surface area (Å²) in [5.74, 6) is 0.0330. The van der Waals surface area contributed by atoms with Gasteiger partial charge in [-0.2, -0.15) is 5.26 Å². The molecule has 1 fully saturated rings. The summed E-state index contributed by atoms with van der Waals surface area (Å²) in [4.78, 5) is 12.3. The summed E-state index contributed by atoms with van der Waals surface area (Å²) in [5.41, 5.74) is 0.00576. The number of rotatable bonds is 3. The molecule has 0 aliphatic heterocycles. The van der Waals surface area contributed by atoms with E-state index in [1.807, 2.05) is 12.1 Å². The molecule has 0 unspecified atom stereocenters. The summed E-state index contributed by atoms with van der Waals surface area (Å²) < 4.78 is 19.6. The number of hydrogen-bond acceptors (Lipinski definition) is 3. The van der Waals surface area contributed by atoms with Crippen molar-refractivity contribution in [1.29, 1.82) is 5.26 Å². The molecule has 122 valence electrons. The lowest BCUT2D eigenvalue weighted by Crippen LogP contribution is -2.25. The van der Waals surface area contributed by atoms with Crippen molar-refractivity contribution in [1.82, 2.24) is 0 Å². The van der Waals surface area contributed by atoms with Gasteiger partial charge in [0.15, 0.2) is 0 Å². The number of carbonyl (C=O) groups excluding carboxylic acids is 1. The van der Waals surface area contributed by atoms with E-state index in [4.69, 9.17) is 10.00 Å². The van der Waals surface area contributed by atoms with E-state index >= 15 is 0 Å². The number of fused-ring (bicyclic) bond motifs is 1. The van der Waals surface area contributed by atoms with Gasteiger partial charge in [0.25, 0.3) is 0 Å². The van der Waals surface area contributed by atoms with Gasteiger partial charge in [-0.3, -0.25) is 4.79 Å². The number of benzene rings is 2. The van der Waals surface area contributed by atoms with Gasteiger partial charge in [-0.05, 0) is 61.3 Å². The van der Waals surface area contributed by atoms with Crippen molar-refractivity contribution >= 4 is 16.7 Å². The molecule has 1 aliphatic carbocycles. The van der Waals surface area contributed by atoms with E-state index < -0.39 is 5.82 Å². The van der Waals surface area contributed by atoms with Crippen molar-refractivity contribution in [3.05, 3.63) is 54.4 Å². The molecule has 2 aromatic carbocycles. The predicted molar refractivity (Wildman–Crippen MR) is 89.9 cm³/mol. The normalized spacial score (nSPS) is 20.3. The van der Waals surface area contributed by atoms with Gasteiger partial charge in [0.1, 0.15) is 17.6 Å². The molecule has 0 amide bonds. The van der Waals surface area contributed by atoms with E-state index in [2.05, 4.69) is 6.58 Å². The Balaban J connectivity index is 1.75. The Kier molecular flexibility index (Phi) is 4.61. The van der Waals surface area contributed by atoms with Crippen molar-refractivity contribution < 1.29 is 13.9 Å². The fourth-order valence-electron chi connectivity index (χ4n) is 3.21. The summed E-state index contributed by atoms with van der Waals surface area (Å²) in [6.07, 6.45) is 5.49. The number of nitriles is 1. The molecule has 0 bridgehead atoms. The van der Waals surface area contributed by atoms with E-state index in [0.717, 1.165) is 25.7 Å².